The number of benzene rings is 2. The van der Waals surface area contributed by atoms with Gasteiger partial charge in [0.05, 0.1) is 34.6 Å². The first-order chi connectivity index (χ1) is 25.0. The molecule has 0 saturated carbocycles. The summed E-state index contributed by atoms with van der Waals surface area (Å²) in [5.74, 6) is 1.28. The topological polar surface area (TPSA) is 123 Å². The lowest BCUT2D eigenvalue weighted by Crippen LogP contribution is -2.53. The summed E-state index contributed by atoms with van der Waals surface area (Å²) in [7, 11) is 4.95. The van der Waals surface area contributed by atoms with Crippen molar-refractivity contribution >= 4 is 40.7 Å². The summed E-state index contributed by atoms with van der Waals surface area (Å²) < 4.78 is 5.98. The third-order valence-electron chi connectivity index (χ3n) is 11.5. The average Bonchev–Trinajstić information content (AvgIpc) is 3.74. The fraction of sp³-hybridized carbons (Fsp3) is 0.400. The predicted molar refractivity (Wildman–Crippen MR) is 202 cm³/mol. The third-order valence-corrected chi connectivity index (χ3v) is 11.9. The van der Waals surface area contributed by atoms with E-state index in [0.29, 0.717) is 40.1 Å². The van der Waals surface area contributed by atoms with Gasteiger partial charge in [-0.2, -0.15) is 0 Å². The fourth-order valence-electron chi connectivity index (χ4n) is 8.78. The molecule has 3 aliphatic heterocycles. The lowest BCUT2D eigenvalue weighted by molar-refractivity contribution is -0.125. The second-order valence-electron chi connectivity index (χ2n) is 14.7. The normalized spacial score (nSPS) is 22.8. The largest absolute Gasteiger partial charge is 0.481 e. The van der Waals surface area contributed by atoms with Gasteiger partial charge in [-0.1, -0.05) is 41.9 Å². The molecule has 3 atom stereocenters. The number of aliphatic hydroxyl groups is 1. The zero-order valence-corrected chi connectivity index (χ0v) is 31.0. The molecule has 3 N–H and O–H groups in total. The highest BCUT2D eigenvalue weighted by molar-refractivity contribution is 6.36. The highest BCUT2D eigenvalue weighted by Crippen LogP contribution is 2.47. The summed E-state index contributed by atoms with van der Waals surface area (Å²) in [5, 5.41) is 18.5. The van der Waals surface area contributed by atoms with Crippen LogP contribution in [0.4, 0.5) is 22.0 Å². The van der Waals surface area contributed by atoms with Gasteiger partial charge in [-0.3, -0.25) is 19.5 Å². The number of ether oxygens (including phenoxy) is 1. The Morgan fingerprint density at radius 2 is 1.77 bits per heavy atom. The maximum absolute atomic E-state index is 12.7. The van der Waals surface area contributed by atoms with Gasteiger partial charge in [0, 0.05) is 67.7 Å². The number of nitrogens with one attached hydrogen (secondary N) is 2. The Morgan fingerprint density at radius 1 is 1.00 bits per heavy atom. The number of carbonyl (C=O) groups is 2. The Bertz CT molecular complexity index is 2120. The van der Waals surface area contributed by atoms with E-state index in [1.165, 1.54) is 15.4 Å². The van der Waals surface area contributed by atoms with Crippen molar-refractivity contribution in [1.29, 1.82) is 0 Å². The fourth-order valence-corrected chi connectivity index (χ4v) is 9.11. The van der Waals surface area contributed by atoms with E-state index in [1.54, 1.807) is 21.2 Å². The number of hydrogen-bond donors (Lipinski definition) is 3. The summed E-state index contributed by atoms with van der Waals surface area (Å²) in [6.45, 7) is 5.68. The standard InChI is InChI=1S/C40H44ClN7O4/c1-22-19-31-34(38(50)47(4)39(51)46(31)3)36(42-22)43-28-12-7-9-25(23(28)2)26-10-6-11-27(35(26)41)29-20-24-14-15-30(33(24)37(44-29)52-5)48-18-17-40(21-48)16-8-13-32(49)45-40/h6-7,9-12,19-20,30,38,50H,8,13-18,21H2,1-5H3,(H,42,43)(H,45,49)/t30-,38?,40+/m0/s1. The minimum Gasteiger partial charge on any atom is -0.481 e. The van der Waals surface area contributed by atoms with Crippen molar-refractivity contribution in [3.63, 3.8) is 0 Å². The summed E-state index contributed by atoms with van der Waals surface area (Å²) in [6, 6.07) is 15.9. The number of aryl methyl sites for hydroxylation is 2. The van der Waals surface area contributed by atoms with E-state index in [9.17, 15) is 14.7 Å². The molecule has 0 bridgehead atoms. The quantitative estimate of drug-likeness (QED) is 0.194. The molecule has 1 unspecified atom stereocenters. The second-order valence-corrected chi connectivity index (χ2v) is 15.1. The molecule has 2 aromatic carbocycles. The summed E-state index contributed by atoms with van der Waals surface area (Å²) in [5.41, 5.74) is 9.23. The number of halogens is 1. The molecule has 270 valence electrons. The second kappa shape index (κ2) is 13.1. The molecule has 0 radical (unpaired) electrons. The molecule has 8 rings (SSSR count). The molecule has 2 saturated heterocycles. The van der Waals surface area contributed by atoms with Crippen LogP contribution in [0.2, 0.25) is 5.02 Å². The minimum absolute atomic E-state index is 0.122. The van der Waals surface area contributed by atoms with E-state index in [0.717, 1.165) is 84.4 Å². The van der Waals surface area contributed by atoms with Crippen LogP contribution in [0, 0.1) is 13.8 Å². The highest BCUT2D eigenvalue weighted by Gasteiger charge is 2.45. The van der Waals surface area contributed by atoms with Crippen LogP contribution in [0.15, 0.2) is 48.5 Å². The van der Waals surface area contributed by atoms with Gasteiger partial charge in [0.2, 0.25) is 11.8 Å². The van der Waals surface area contributed by atoms with Gasteiger partial charge in [-0.05, 0) is 80.8 Å². The average molecular weight is 722 g/mol. The van der Waals surface area contributed by atoms with Crippen LogP contribution in [0.25, 0.3) is 22.4 Å². The van der Waals surface area contributed by atoms with Crippen LogP contribution in [0.5, 0.6) is 5.88 Å². The number of amides is 3. The molecule has 1 aliphatic carbocycles. The van der Waals surface area contributed by atoms with Gasteiger partial charge in [-0.15, -0.1) is 0 Å². The lowest BCUT2D eigenvalue weighted by atomic mass is 9.88. The van der Waals surface area contributed by atoms with Crippen LogP contribution in [-0.4, -0.2) is 76.6 Å². The van der Waals surface area contributed by atoms with Crippen molar-refractivity contribution in [2.24, 2.45) is 0 Å². The van der Waals surface area contributed by atoms with Crippen LogP contribution >= 0.6 is 11.6 Å². The van der Waals surface area contributed by atoms with Gasteiger partial charge in [0.15, 0.2) is 6.23 Å². The maximum Gasteiger partial charge on any atom is 0.326 e. The molecule has 1 spiro atoms. The van der Waals surface area contributed by atoms with Gasteiger partial charge < -0.3 is 20.5 Å². The molecule has 52 heavy (non-hydrogen) atoms. The zero-order valence-electron chi connectivity index (χ0n) is 30.2. The number of nitrogens with zero attached hydrogens (tertiary/aromatic N) is 5. The Hall–Kier alpha value is -4.71. The Morgan fingerprint density at radius 3 is 2.56 bits per heavy atom. The van der Waals surface area contributed by atoms with E-state index in [1.807, 2.05) is 56.3 Å². The third kappa shape index (κ3) is 5.66. The van der Waals surface area contributed by atoms with Crippen molar-refractivity contribution in [1.82, 2.24) is 25.1 Å². The van der Waals surface area contributed by atoms with Gasteiger partial charge >= 0.3 is 6.03 Å². The number of aliphatic hydroxyl groups excluding tert-OH is 1. The van der Waals surface area contributed by atoms with E-state index in [4.69, 9.17) is 26.3 Å². The Balaban J connectivity index is 1.11. The van der Waals surface area contributed by atoms with Crippen LogP contribution in [-0.2, 0) is 11.2 Å². The molecule has 5 heterocycles. The number of aromatic nitrogens is 2. The first-order valence-corrected chi connectivity index (χ1v) is 18.4. The molecule has 4 aliphatic rings. The molecule has 2 fully saturated rings. The smallest absolute Gasteiger partial charge is 0.326 e. The first-order valence-electron chi connectivity index (χ1n) is 18.0. The van der Waals surface area contributed by atoms with Gasteiger partial charge in [-0.25, -0.2) is 14.8 Å². The number of carbonyl (C=O) groups excluding carboxylic acids is 2. The predicted octanol–water partition coefficient (Wildman–Crippen LogP) is 7.06. The van der Waals surface area contributed by atoms with E-state index in [2.05, 4.69) is 21.6 Å². The maximum atomic E-state index is 12.7. The van der Waals surface area contributed by atoms with Crippen molar-refractivity contribution in [2.45, 2.75) is 70.2 Å². The lowest BCUT2D eigenvalue weighted by Gasteiger charge is -2.37. The molecular formula is C40H44ClN7O4. The van der Waals surface area contributed by atoms with E-state index >= 15 is 0 Å². The minimum atomic E-state index is -1.15. The summed E-state index contributed by atoms with van der Waals surface area (Å²) >= 11 is 7.28. The Labute approximate surface area is 309 Å². The van der Waals surface area contributed by atoms with E-state index < -0.39 is 6.23 Å². The number of pyridine rings is 2. The van der Waals surface area contributed by atoms with Crippen molar-refractivity contribution in [3.05, 3.63) is 81.5 Å². The van der Waals surface area contributed by atoms with Gasteiger partial charge in [0.25, 0.3) is 0 Å². The number of rotatable bonds is 6. The molecule has 11 nitrogen and oxygen atoms in total. The number of hydrogen-bond acceptors (Lipinski definition) is 8. The monoisotopic (exact) mass is 721 g/mol. The highest BCUT2D eigenvalue weighted by atomic mass is 35.5. The van der Waals surface area contributed by atoms with Crippen LogP contribution < -0.4 is 20.3 Å². The molecule has 12 heteroatoms. The van der Waals surface area contributed by atoms with Crippen molar-refractivity contribution in [3.8, 4) is 28.3 Å². The van der Waals surface area contributed by atoms with Crippen LogP contribution in [0.3, 0.4) is 0 Å². The number of piperidine rings is 1. The van der Waals surface area contributed by atoms with E-state index in [-0.39, 0.29) is 23.5 Å². The first kappa shape index (κ1) is 34.4. The molecular weight excluding hydrogens is 678 g/mol. The number of urea groups is 1. The zero-order chi connectivity index (χ0) is 36.5. The Kier molecular flexibility index (Phi) is 8.63. The number of fused-ring (bicyclic) bond motifs is 2. The number of likely N-dealkylation sites (tertiary alicyclic amines) is 1. The molecule has 2 aromatic heterocycles. The SMILES string of the molecule is COc1nc(-c2cccc(-c3cccc(Nc4nc(C)cc5c4C(O)N(C)C(=O)N5C)c3C)c2Cl)cc2c1[C@@H](N1CC[C@]3(CCCC(=O)N3)C1)CC2. The van der Waals surface area contributed by atoms with Crippen molar-refractivity contribution in [2.75, 3.05) is 44.5 Å². The molecule has 4 aromatic rings. The molecule has 3 amide bonds. The number of methoxy groups -OCH3 is 1. The van der Waals surface area contributed by atoms with Crippen molar-refractivity contribution < 1.29 is 19.4 Å². The summed E-state index contributed by atoms with van der Waals surface area (Å²) in [4.78, 5) is 40.1. The van der Waals surface area contributed by atoms with Gasteiger partial charge in [0.1, 0.15) is 5.82 Å². The number of anilines is 3. The summed E-state index contributed by atoms with van der Waals surface area (Å²) in [6.07, 6.45) is 4.31. The van der Waals surface area contributed by atoms with Crippen LogP contribution in [0.1, 0.15) is 72.3 Å².